The standard InChI is InChI=1S/C15H24N4O2/c1-10-8-13(16-2)18-14(17-10)19-6-4-15(5-7-19)11(20)9-12(15)21-3/h8,11-12,20H,4-7,9H2,1-3H3,(H,16,17,18)/t11-,12+/m1/s1. The van der Waals surface area contributed by atoms with Gasteiger partial charge in [0.1, 0.15) is 5.82 Å². The first-order valence-electron chi connectivity index (χ1n) is 7.58. The lowest BCUT2D eigenvalue weighted by molar-refractivity contribution is -0.190. The van der Waals surface area contributed by atoms with Gasteiger partial charge in [0.05, 0.1) is 12.2 Å². The monoisotopic (exact) mass is 292 g/mol. The molecule has 2 heterocycles. The van der Waals surface area contributed by atoms with E-state index in [1.807, 2.05) is 20.0 Å². The van der Waals surface area contributed by atoms with Crippen molar-refractivity contribution >= 4 is 11.8 Å². The number of nitrogens with zero attached hydrogens (tertiary/aromatic N) is 3. The average molecular weight is 292 g/mol. The third-order valence-electron chi connectivity index (χ3n) is 5.10. The van der Waals surface area contributed by atoms with Crippen LogP contribution in [0.4, 0.5) is 11.8 Å². The number of aromatic nitrogens is 2. The minimum absolute atomic E-state index is 0.0547. The summed E-state index contributed by atoms with van der Waals surface area (Å²) in [5.74, 6) is 1.62. The SMILES string of the molecule is CNc1cc(C)nc(N2CCC3(CC2)[C@H](O)C[C@@H]3OC)n1. The highest BCUT2D eigenvalue weighted by atomic mass is 16.5. The molecule has 1 aliphatic heterocycles. The summed E-state index contributed by atoms with van der Waals surface area (Å²) in [6.45, 7) is 3.71. The topological polar surface area (TPSA) is 70.5 Å². The van der Waals surface area contributed by atoms with E-state index in [0.29, 0.717) is 0 Å². The molecule has 0 unspecified atom stereocenters. The molecule has 2 aliphatic rings. The maximum atomic E-state index is 10.2. The van der Waals surface area contributed by atoms with Gasteiger partial charge in [0.15, 0.2) is 0 Å². The maximum absolute atomic E-state index is 10.2. The van der Waals surface area contributed by atoms with Crippen LogP contribution in [-0.4, -0.2) is 54.5 Å². The molecule has 0 aromatic carbocycles. The van der Waals surface area contributed by atoms with E-state index >= 15 is 0 Å². The molecule has 1 aromatic heterocycles. The molecule has 1 spiro atoms. The second-order valence-electron chi connectivity index (χ2n) is 6.14. The molecule has 0 radical (unpaired) electrons. The Bertz CT molecular complexity index is 514. The number of nitrogens with one attached hydrogen (secondary N) is 1. The van der Waals surface area contributed by atoms with Gasteiger partial charge in [-0.3, -0.25) is 0 Å². The van der Waals surface area contributed by atoms with E-state index < -0.39 is 0 Å². The van der Waals surface area contributed by atoms with Gasteiger partial charge in [-0.25, -0.2) is 4.98 Å². The van der Waals surface area contributed by atoms with Crippen molar-refractivity contribution in [3.8, 4) is 0 Å². The van der Waals surface area contributed by atoms with Crippen molar-refractivity contribution in [2.75, 3.05) is 37.5 Å². The van der Waals surface area contributed by atoms with Crippen LogP contribution in [-0.2, 0) is 4.74 Å². The number of aryl methyl sites for hydroxylation is 1. The predicted octanol–water partition coefficient (Wildman–Crippen LogP) is 1.19. The molecule has 2 fully saturated rings. The van der Waals surface area contributed by atoms with Gasteiger partial charge in [0.2, 0.25) is 5.95 Å². The first kappa shape index (κ1) is 14.5. The lowest BCUT2D eigenvalue weighted by atomic mass is 9.58. The summed E-state index contributed by atoms with van der Waals surface area (Å²) in [6.07, 6.45) is 2.59. The number of aliphatic hydroxyl groups is 1. The normalized spacial score (nSPS) is 27.5. The number of rotatable bonds is 3. The van der Waals surface area contributed by atoms with Crippen LogP contribution in [0.1, 0.15) is 25.0 Å². The second-order valence-corrected chi connectivity index (χ2v) is 6.14. The lowest BCUT2D eigenvalue weighted by Gasteiger charge is -2.56. The summed E-state index contributed by atoms with van der Waals surface area (Å²) in [7, 11) is 3.61. The first-order valence-corrected chi connectivity index (χ1v) is 7.58. The Morgan fingerprint density at radius 1 is 1.38 bits per heavy atom. The molecule has 6 nitrogen and oxygen atoms in total. The summed E-state index contributed by atoms with van der Waals surface area (Å²) < 4.78 is 5.53. The molecule has 1 aromatic rings. The van der Waals surface area contributed by atoms with E-state index in [1.54, 1.807) is 7.11 Å². The average Bonchev–Trinajstić information content (AvgIpc) is 2.51. The molecular formula is C15H24N4O2. The van der Waals surface area contributed by atoms with Crippen LogP contribution >= 0.6 is 0 Å². The highest BCUT2D eigenvalue weighted by molar-refractivity contribution is 5.43. The molecule has 1 saturated heterocycles. The van der Waals surface area contributed by atoms with E-state index in [4.69, 9.17) is 4.74 Å². The lowest BCUT2D eigenvalue weighted by Crippen LogP contribution is -2.62. The Kier molecular flexibility index (Phi) is 3.75. The van der Waals surface area contributed by atoms with Crippen LogP contribution < -0.4 is 10.2 Å². The zero-order valence-corrected chi connectivity index (χ0v) is 13.0. The number of hydrogen-bond acceptors (Lipinski definition) is 6. The largest absolute Gasteiger partial charge is 0.392 e. The molecule has 6 heteroatoms. The number of piperidine rings is 1. The Morgan fingerprint density at radius 3 is 2.67 bits per heavy atom. The van der Waals surface area contributed by atoms with Crippen molar-refractivity contribution in [2.45, 2.75) is 38.4 Å². The number of ether oxygens (including phenoxy) is 1. The molecule has 21 heavy (non-hydrogen) atoms. The van der Waals surface area contributed by atoms with Gasteiger partial charge < -0.3 is 20.1 Å². The van der Waals surface area contributed by atoms with Gasteiger partial charge in [-0.1, -0.05) is 0 Å². The van der Waals surface area contributed by atoms with E-state index in [0.717, 1.165) is 49.8 Å². The number of methoxy groups -OCH3 is 1. The Morgan fingerprint density at radius 2 is 2.10 bits per heavy atom. The van der Waals surface area contributed by atoms with E-state index in [-0.39, 0.29) is 17.6 Å². The van der Waals surface area contributed by atoms with Gasteiger partial charge in [-0.15, -0.1) is 0 Å². The van der Waals surface area contributed by atoms with Gasteiger partial charge in [-0.2, -0.15) is 4.98 Å². The number of aliphatic hydroxyl groups excluding tert-OH is 1. The Hall–Kier alpha value is -1.40. The molecule has 2 atom stereocenters. The third kappa shape index (κ3) is 2.36. The molecule has 3 rings (SSSR count). The Balaban J connectivity index is 1.73. The van der Waals surface area contributed by atoms with Crippen LogP contribution in [0.2, 0.25) is 0 Å². The third-order valence-corrected chi connectivity index (χ3v) is 5.10. The zero-order chi connectivity index (χ0) is 15.0. The molecular weight excluding hydrogens is 268 g/mol. The Labute approximate surface area is 125 Å². The van der Waals surface area contributed by atoms with Gasteiger partial charge >= 0.3 is 0 Å². The van der Waals surface area contributed by atoms with Crippen molar-refractivity contribution in [3.63, 3.8) is 0 Å². The molecule has 2 N–H and O–H groups in total. The highest BCUT2D eigenvalue weighted by Crippen LogP contribution is 2.50. The van der Waals surface area contributed by atoms with Crippen LogP contribution in [0.15, 0.2) is 6.07 Å². The minimum atomic E-state index is -0.226. The van der Waals surface area contributed by atoms with Gasteiger partial charge in [0.25, 0.3) is 0 Å². The van der Waals surface area contributed by atoms with Crippen molar-refractivity contribution in [1.82, 2.24) is 9.97 Å². The number of hydrogen-bond donors (Lipinski definition) is 2. The molecule has 1 saturated carbocycles. The smallest absolute Gasteiger partial charge is 0.227 e. The predicted molar refractivity (Wildman–Crippen MR) is 81.6 cm³/mol. The van der Waals surface area contributed by atoms with E-state index in [9.17, 15) is 5.11 Å². The summed E-state index contributed by atoms with van der Waals surface area (Å²) in [5, 5.41) is 13.2. The highest BCUT2D eigenvalue weighted by Gasteiger charge is 2.55. The molecule has 116 valence electrons. The van der Waals surface area contributed by atoms with Crippen molar-refractivity contribution < 1.29 is 9.84 Å². The second kappa shape index (κ2) is 5.42. The summed E-state index contributed by atoms with van der Waals surface area (Å²) in [4.78, 5) is 11.3. The number of anilines is 2. The van der Waals surface area contributed by atoms with Crippen LogP contribution in [0.5, 0.6) is 0 Å². The van der Waals surface area contributed by atoms with E-state index in [2.05, 4.69) is 20.2 Å². The zero-order valence-electron chi connectivity index (χ0n) is 13.0. The molecule has 0 bridgehead atoms. The minimum Gasteiger partial charge on any atom is -0.392 e. The van der Waals surface area contributed by atoms with Crippen molar-refractivity contribution in [1.29, 1.82) is 0 Å². The molecule has 0 amide bonds. The van der Waals surface area contributed by atoms with Crippen LogP contribution in [0.25, 0.3) is 0 Å². The van der Waals surface area contributed by atoms with Crippen molar-refractivity contribution in [3.05, 3.63) is 11.8 Å². The fourth-order valence-electron chi connectivity index (χ4n) is 3.66. The maximum Gasteiger partial charge on any atom is 0.227 e. The summed E-state index contributed by atoms with van der Waals surface area (Å²) >= 11 is 0. The van der Waals surface area contributed by atoms with Crippen molar-refractivity contribution in [2.24, 2.45) is 5.41 Å². The van der Waals surface area contributed by atoms with Crippen LogP contribution in [0, 0.1) is 12.3 Å². The quantitative estimate of drug-likeness (QED) is 0.872. The summed E-state index contributed by atoms with van der Waals surface area (Å²) in [5.41, 5.74) is 0.907. The van der Waals surface area contributed by atoms with Gasteiger partial charge in [0, 0.05) is 50.8 Å². The van der Waals surface area contributed by atoms with Crippen LogP contribution in [0.3, 0.4) is 0 Å². The van der Waals surface area contributed by atoms with E-state index in [1.165, 1.54) is 0 Å². The fraction of sp³-hybridized carbons (Fsp3) is 0.733. The first-order chi connectivity index (χ1) is 10.1. The molecule has 1 aliphatic carbocycles. The summed E-state index contributed by atoms with van der Waals surface area (Å²) in [6, 6.07) is 1.94. The van der Waals surface area contributed by atoms with Gasteiger partial charge in [-0.05, 0) is 19.8 Å². The fourth-order valence-corrected chi connectivity index (χ4v) is 3.66.